The van der Waals surface area contributed by atoms with Gasteiger partial charge in [-0.25, -0.2) is 0 Å². The van der Waals surface area contributed by atoms with Crippen molar-refractivity contribution in [1.29, 1.82) is 0 Å². The van der Waals surface area contributed by atoms with Gasteiger partial charge in [0.15, 0.2) is 0 Å². The second-order valence-electron chi connectivity index (χ2n) is 4.17. The van der Waals surface area contributed by atoms with Crippen molar-refractivity contribution in [1.82, 2.24) is 4.90 Å². The Labute approximate surface area is 103 Å². The molecule has 1 aliphatic rings. The van der Waals surface area contributed by atoms with E-state index in [0.29, 0.717) is 0 Å². The van der Waals surface area contributed by atoms with Crippen LogP contribution < -0.4 is 0 Å². The number of aliphatic hydroxyl groups excluding tert-OH is 1. The van der Waals surface area contributed by atoms with Crippen molar-refractivity contribution < 1.29 is 15.0 Å². The molecule has 1 rings (SSSR count). The minimum atomic E-state index is -0.678. The van der Waals surface area contributed by atoms with Crippen LogP contribution in [-0.4, -0.2) is 46.8 Å². The maximum Gasteiger partial charge on any atom is 0.320 e. The maximum atomic E-state index is 10.9. The second kappa shape index (κ2) is 8.79. The summed E-state index contributed by atoms with van der Waals surface area (Å²) in [5.74, 6) is -0.678. The Kier molecular flexibility index (Phi) is 8.61. The van der Waals surface area contributed by atoms with Crippen LogP contribution in [0, 0.1) is 0 Å². The molecular formula is C11H22ClNO3. The summed E-state index contributed by atoms with van der Waals surface area (Å²) in [4.78, 5) is 12.9. The molecule has 0 aromatic rings. The Balaban J connectivity index is 0.00000225. The van der Waals surface area contributed by atoms with Gasteiger partial charge in [0.1, 0.15) is 6.04 Å². The van der Waals surface area contributed by atoms with Crippen molar-refractivity contribution in [3.63, 3.8) is 0 Å². The number of aliphatic hydroxyl groups is 1. The van der Waals surface area contributed by atoms with Gasteiger partial charge in [0.05, 0.1) is 0 Å². The molecule has 0 saturated carbocycles. The van der Waals surface area contributed by atoms with E-state index in [4.69, 9.17) is 10.2 Å². The van der Waals surface area contributed by atoms with Crippen molar-refractivity contribution in [2.24, 2.45) is 0 Å². The molecule has 1 heterocycles. The van der Waals surface area contributed by atoms with E-state index < -0.39 is 5.97 Å². The zero-order valence-corrected chi connectivity index (χ0v) is 10.4. The molecule has 16 heavy (non-hydrogen) atoms. The van der Waals surface area contributed by atoms with Crippen LogP contribution in [0.3, 0.4) is 0 Å². The predicted molar refractivity (Wildman–Crippen MR) is 65.0 cm³/mol. The number of nitrogens with zero attached hydrogens (tertiary/aromatic N) is 1. The molecule has 1 atom stereocenters. The molecule has 4 nitrogen and oxygen atoms in total. The number of unbranched alkanes of at least 4 members (excludes halogenated alkanes) is 3. The normalized spacial score (nSPS) is 20.7. The largest absolute Gasteiger partial charge is 0.480 e. The van der Waals surface area contributed by atoms with E-state index in [9.17, 15) is 4.79 Å². The number of halogens is 1. The number of aliphatic carboxylic acids is 1. The third kappa shape index (κ3) is 5.14. The molecule has 0 spiro atoms. The monoisotopic (exact) mass is 251 g/mol. The molecule has 0 aromatic carbocycles. The molecule has 0 aliphatic carbocycles. The Morgan fingerprint density at radius 1 is 1.25 bits per heavy atom. The van der Waals surface area contributed by atoms with Gasteiger partial charge in [-0.1, -0.05) is 12.8 Å². The van der Waals surface area contributed by atoms with Gasteiger partial charge < -0.3 is 10.2 Å². The van der Waals surface area contributed by atoms with Crippen LogP contribution in [0.5, 0.6) is 0 Å². The van der Waals surface area contributed by atoms with Crippen LogP contribution in [0.25, 0.3) is 0 Å². The molecule has 1 fully saturated rings. The van der Waals surface area contributed by atoms with E-state index >= 15 is 0 Å². The number of likely N-dealkylation sites (tertiary alicyclic amines) is 1. The average molecular weight is 252 g/mol. The first kappa shape index (κ1) is 15.7. The first-order valence-corrected chi connectivity index (χ1v) is 5.83. The van der Waals surface area contributed by atoms with Gasteiger partial charge in [0.2, 0.25) is 0 Å². The molecule has 5 heteroatoms. The number of hydrogen-bond acceptors (Lipinski definition) is 3. The summed E-state index contributed by atoms with van der Waals surface area (Å²) in [6.07, 6.45) is 5.84. The molecule has 0 radical (unpaired) electrons. The van der Waals surface area contributed by atoms with Gasteiger partial charge in [0, 0.05) is 6.61 Å². The SMILES string of the molecule is Cl.O=C(O)C1CCCN1CCCCCCO. The lowest BCUT2D eigenvalue weighted by molar-refractivity contribution is -0.142. The summed E-state index contributed by atoms with van der Waals surface area (Å²) in [7, 11) is 0. The van der Waals surface area contributed by atoms with E-state index in [0.717, 1.165) is 51.6 Å². The van der Waals surface area contributed by atoms with Crippen LogP contribution in [0.15, 0.2) is 0 Å². The van der Waals surface area contributed by atoms with Crippen molar-refractivity contribution in [3.05, 3.63) is 0 Å². The van der Waals surface area contributed by atoms with Crippen LogP contribution in [-0.2, 0) is 4.79 Å². The van der Waals surface area contributed by atoms with E-state index in [1.54, 1.807) is 0 Å². The Morgan fingerprint density at radius 2 is 1.94 bits per heavy atom. The Bertz CT molecular complexity index is 202. The smallest absolute Gasteiger partial charge is 0.320 e. The van der Waals surface area contributed by atoms with Crippen LogP contribution in [0.4, 0.5) is 0 Å². The number of carboxylic acids is 1. The van der Waals surface area contributed by atoms with Crippen LogP contribution in [0.1, 0.15) is 38.5 Å². The first-order valence-electron chi connectivity index (χ1n) is 5.83. The number of hydrogen-bond donors (Lipinski definition) is 2. The molecule has 1 unspecified atom stereocenters. The minimum Gasteiger partial charge on any atom is -0.480 e. The highest BCUT2D eigenvalue weighted by Crippen LogP contribution is 2.18. The standard InChI is InChI=1S/C11H21NO3.ClH/c13-9-4-2-1-3-7-12-8-5-6-10(12)11(14)15;/h10,13H,1-9H2,(H,14,15);1H. The zero-order valence-electron chi connectivity index (χ0n) is 9.60. The van der Waals surface area contributed by atoms with Gasteiger partial charge in [-0.2, -0.15) is 0 Å². The van der Waals surface area contributed by atoms with Crippen LogP contribution in [0.2, 0.25) is 0 Å². The van der Waals surface area contributed by atoms with Crippen molar-refractivity contribution in [2.75, 3.05) is 19.7 Å². The molecular weight excluding hydrogens is 230 g/mol. The van der Waals surface area contributed by atoms with E-state index in [1.807, 2.05) is 0 Å². The average Bonchev–Trinajstić information content (AvgIpc) is 2.66. The topological polar surface area (TPSA) is 60.8 Å². The first-order chi connectivity index (χ1) is 7.25. The fourth-order valence-corrected chi connectivity index (χ4v) is 2.15. The highest BCUT2D eigenvalue weighted by Gasteiger charge is 2.29. The lowest BCUT2D eigenvalue weighted by Gasteiger charge is -2.20. The van der Waals surface area contributed by atoms with Gasteiger partial charge in [-0.3, -0.25) is 9.69 Å². The second-order valence-corrected chi connectivity index (χ2v) is 4.17. The number of rotatable bonds is 7. The summed E-state index contributed by atoms with van der Waals surface area (Å²) in [6, 6.07) is -0.247. The van der Waals surface area contributed by atoms with Crippen LogP contribution >= 0.6 is 12.4 Å². The highest BCUT2D eigenvalue weighted by molar-refractivity contribution is 5.85. The van der Waals surface area contributed by atoms with E-state index in [1.165, 1.54) is 0 Å². The Hall–Kier alpha value is -0.320. The molecule has 0 bridgehead atoms. The van der Waals surface area contributed by atoms with Gasteiger partial charge >= 0.3 is 5.97 Å². The lowest BCUT2D eigenvalue weighted by atomic mass is 10.2. The van der Waals surface area contributed by atoms with E-state index in [2.05, 4.69) is 4.90 Å². The van der Waals surface area contributed by atoms with Crippen molar-refractivity contribution >= 4 is 18.4 Å². The molecule has 0 aromatic heterocycles. The summed E-state index contributed by atoms with van der Waals surface area (Å²) in [5, 5.41) is 17.6. The molecule has 96 valence electrons. The fourth-order valence-electron chi connectivity index (χ4n) is 2.15. The zero-order chi connectivity index (χ0) is 11.1. The molecule has 0 amide bonds. The quantitative estimate of drug-likeness (QED) is 0.674. The van der Waals surface area contributed by atoms with Gasteiger partial charge in [0.25, 0.3) is 0 Å². The summed E-state index contributed by atoms with van der Waals surface area (Å²) in [6.45, 7) is 2.08. The molecule has 1 aliphatic heterocycles. The predicted octanol–water partition coefficient (Wildman–Crippen LogP) is 1.51. The molecule has 1 saturated heterocycles. The third-order valence-electron chi connectivity index (χ3n) is 3.00. The van der Waals surface area contributed by atoms with Crippen molar-refractivity contribution in [3.8, 4) is 0 Å². The van der Waals surface area contributed by atoms with Gasteiger partial charge in [-0.15, -0.1) is 12.4 Å². The van der Waals surface area contributed by atoms with E-state index in [-0.39, 0.29) is 25.1 Å². The molecule has 2 N–H and O–H groups in total. The lowest BCUT2D eigenvalue weighted by Crippen LogP contribution is -2.36. The summed E-state index contributed by atoms with van der Waals surface area (Å²) >= 11 is 0. The number of carbonyl (C=O) groups is 1. The van der Waals surface area contributed by atoms with Crippen molar-refractivity contribution in [2.45, 2.75) is 44.6 Å². The third-order valence-corrected chi connectivity index (χ3v) is 3.00. The maximum absolute atomic E-state index is 10.9. The Morgan fingerprint density at radius 3 is 2.56 bits per heavy atom. The van der Waals surface area contributed by atoms with Gasteiger partial charge in [-0.05, 0) is 38.8 Å². The minimum absolute atomic E-state index is 0. The fraction of sp³-hybridized carbons (Fsp3) is 0.909. The highest BCUT2D eigenvalue weighted by atomic mass is 35.5. The number of carboxylic acid groups (broad SMARTS) is 1. The summed E-state index contributed by atoms with van der Waals surface area (Å²) < 4.78 is 0. The summed E-state index contributed by atoms with van der Waals surface area (Å²) in [5.41, 5.74) is 0.